The number of hydrogen-bond donors (Lipinski definition) is 1. The molecule has 2 aromatic carbocycles. The fraction of sp³-hybridized carbons (Fsp3) is 0.261. The van der Waals surface area contributed by atoms with Crippen molar-refractivity contribution in [1.82, 2.24) is 4.98 Å². The van der Waals surface area contributed by atoms with Gasteiger partial charge in [-0.15, -0.1) is 23.1 Å². The van der Waals surface area contributed by atoms with E-state index in [0.29, 0.717) is 23.6 Å². The molecule has 1 aromatic heterocycles. The molecule has 3 aromatic rings. The fourth-order valence-corrected chi connectivity index (χ4v) is 4.78. The lowest BCUT2D eigenvalue weighted by Crippen LogP contribution is -2.11. The predicted molar refractivity (Wildman–Crippen MR) is 119 cm³/mol. The summed E-state index contributed by atoms with van der Waals surface area (Å²) in [5, 5.41) is 9.44. The molecule has 0 aliphatic rings. The van der Waals surface area contributed by atoms with Crippen LogP contribution in [0.1, 0.15) is 34.0 Å². The van der Waals surface area contributed by atoms with Gasteiger partial charge in [-0.1, -0.05) is 30.3 Å². The summed E-state index contributed by atoms with van der Waals surface area (Å²) in [5.74, 6) is 0.244. The van der Waals surface area contributed by atoms with Crippen molar-refractivity contribution in [1.29, 1.82) is 0 Å². The molecule has 0 saturated carbocycles. The summed E-state index contributed by atoms with van der Waals surface area (Å²) in [7, 11) is 0. The molecule has 0 aliphatic carbocycles. The van der Waals surface area contributed by atoms with Crippen molar-refractivity contribution in [3.63, 3.8) is 0 Å². The smallest absolute Gasteiger partial charge is 0.318 e. The molecule has 0 spiro atoms. The van der Waals surface area contributed by atoms with Gasteiger partial charge in [0.05, 0.1) is 12.1 Å². The number of carboxylic acid groups (broad SMARTS) is 1. The van der Waals surface area contributed by atoms with Crippen molar-refractivity contribution >= 4 is 35.0 Å². The number of thioether (sulfide) groups is 1. The molecular formula is C23H23NO4S2. The van der Waals surface area contributed by atoms with Crippen molar-refractivity contribution in [2.75, 3.05) is 0 Å². The van der Waals surface area contributed by atoms with E-state index in [1.54, 1.807) is 23.9 Å². The zero-order valence-electron chi connectivity index (χ0n) is 16.7. The number of aliphatic carboxylic acids is 1. The number of aromatic nitrogens is 1. The minimum absolute atomic E-state index is 0.106. The second-order valence-corrected chi connectivity index (χ2v) is 8.98. The number of thiazole rings is 1. The largest absolute Gasteiger partial charge is 0.481 e. The van der Waals surface area contributed by atoms with E-state index < -0.39 is 5.97 Å². The molecule has 0 fully saturated rings. The first kappa shape index (κ1) is 22.1. The number of carbonyl (C=O) groups excluding carboxylic acids is 1. The number of rotatable bonds is 10. The minimum Gasteiger partial charge on any atom is -0.481 e. The van der Waals surface area contributed by atoms with Crippen LogP contribution >= 0.6 is 23.1 Å². The topological polar surface area (TPSA) is 76.5 Å². The highest BCUT2D eigenvalue weighted by Gasteiger charge is 2.13. The van der Waals surface area contributed by atoms with E-state index in [2.05, 4.69) is 17.1 Å². The quantitative estimate of drug-likeness (QED) is 0.261. The molecule has 7 heteroatoms. The number of carbonyl (C=O) groups is 2. The van der Waals surface area contributed by atoms with Crippen LogP contribution in [0.2, 0.25) is 0 Å². The summed E-state index contributed by atoms with van der Waals surface area (Å²) in [6, 6.07) is 17.8. The predicted octanol–water partition coefficient (Wildman–Crippen LogP) is 5.30. The third-order valence-corrected chi connectivity index (χ3v) is 6.63. The van der Waals surface area contributed by atoms with E-state index in [1.807, 2.05) is 37.3 Å². The molecule has 30 heavy (non-hydrogen) atoms. The second kappa shape index (κ2) is 10.9. The monoisotopic (exact) mass is 441 g/mol. The maximum absolute atomic E-state index is 12.3. The average molecular weight is 442 g/mol. The van der Waals surface area contributed by atoms with Crippen LogP contribution in [-0.2, 0) is 28.2 Å². The lowest BCUT2D eigenvalue weighted by molar-refractivity contribution is -0.137. The standard InChI is InChI=1S/C23H23NO4S2/c1-16-20(8-5-9-22(25)26)30-21(24-16)14-23(27)28-18-10-12-19(13-11-18)29-15-17-6-3-2-4-7-17/h2-4,6-7,10-13H,5,8-9,14-15H2,1H3,(H,25,26). The Bertz CT molecular complexity index is 984. The first-order valence-electron chi connectivity index (χ1n) is 9.64. The van der Waals surface area contributed by atoms with Gasteiger partial charge >= 0.3 is 11.9 Å². The number of nitrogens with zero attached hydrogens (tertiary/aromatic N) is 1. The van der Waals surface area contributed by atoms with Crippen LogP contribution in [0, 0.1) is 6.92 Å². The SMILES string of the molecule is Cc1nc(CC(=O)Oc2ccc(SCc3ccccc3)cc2)sc1CCCC(=O)O. The molecule has 1 heterocycles. The van der Waals surface area contributed by atoms with E-state index in [1.165, 1.54) is 16.9 Å². The Morgan fingerprint density at radius 3 is 2.53 bits per heavy atom. The van der Waals surface area contributed by atoms with Crippen LogP contribution < -0.4 is 4.74 Å². The summed E-state index contributed by atoms with van der Waals surface area (Å²) >= 11 is 3.18. The number of benzene rings is 2. The van der Waals surface area contributed by atoms with Gasteiger partial charge < -0.3 is 9.84 Å². The van der Waals surface area contributed by atoms with Gasteiger partial charge in [0.25, 0.3) is 0 Å². The summed E-state index contributed by atoms with van der Waals surface area (Å²) in [4.78, 5) is 29.5. The van der Waals surface area contributed by atoms with Gasteiger partial charge in [-0.25, -0.2) is 4.98 Å². The Hall–Kier alpha value is -2.64. The van der Waals surface area contributed by atoms with Gasteiger partial charge in [0.1, 0.15) is 10.8 Å². The van der Waals surface area contributed by atoms with Gasteiger partial charge in [-0.2, -0.15) is 0 Å². The second-order valence-electron chi connectivity index (χ2n) is 6.76. The van der Waals surface area contributed by atoms with Crippen LogP contribution in [0.3, 0.4) is 0 Å². The Kier molecular flexibility index (Phi) is 8.04. The van der Waals surface area contributed by atoms with Crippen LogP contribution in [0.4, 0.5) is 0 Å². The summed E-state index contributed by atoms with van der Waals surface area (Å²) in [6.07, 6.45) is 1.47. The van der Waals surface area contributed by atoms with E-state index in [9.17, 15) is 9.59 Å². The van der Waals surface area contributed by atoms with Crippen molar-refractivity contribution in [2.24, 2.45) is 0 Å². The van der Waals surface area contributed by atoms with E-state index in [0.717, 1.165) is 21.2 Å². The molecular weight excluding hydrogens is 418 g/mol. The first-order chi connectivity index (χ1) is 14.5. The lowest BCUT2D eigenvalue weighted by atomic mass is 10.2. The Morgan fingerprint density at radius 1 is 1.10 bits per heavy atom. The number of ether oxygens (including phenoxy) is 1. The average Bonchev–Trinajstić information content (AvgIpc) is 3.06. The maximum atomic E-state index is 12.3. The molecule has 156 valence electrons. The highest BCUT2D eigenvalue weighted by atomic mass is 32.2. The molecule has 0 radical (unpaired) electrons. The molecule has 0 unspecified atom stereocenters. The van der Waals surface area contributed by atoms with Gasteiger partial charge in [0.2, 0.25) is 0 Å². The molecule has 3 rings (SSSR count). The van der Waals surface area contributed by atoms with E-state index in [-0.39, 0.29) is 18.8 Å². The number of hydrogen-bond acceptors (Lipinski definition) is 6. The van der Waals surface area contributed by atoms with Gasteiger partial charge in [0.15, 0.2) is 0 Å². The van der Waals surface area contributed by atoms with Crippen molar-refractivity contribution < 1.29 is 19.4 Å². The molecule has 0 saturated heterocycles. The first-order valence-corrected chi connectivity index (χ1v) is 11.4. The van der Waals surface area contributed by atoms with Crippen LogP contribution in [-0.4, -0.2) is 22.0 Å². The molecule has 0 bridgehead atoms. The zero-order chi connectivity index (χ0) is 21.3. The number of esters is 1. The summed E-state index contributed by atoms with van der Waals surface area (Å²) in [5.41, 5.74) is 2.12. The number of carboxylic acids is 1. The van der Waals surface area contributed by atoms with Crippen LogP contribution in [0.5, 0.6) is 5.75 Å². The molecule has 1 N–H and O–H groups in total. The normalized spacial score (nSPS) is 10.7. The molecule has 0 atom stereocenters. The summed E-state index contributed by atoms with van der Waals surface area (Å²) < 4.78 is 5.44. The van der Waals surface area contributed by atoms with Gasteiger partial charge in [-0.3, -0.25) is 9.59 Å². The van der Waals surface area contributed by atoms with Gasteiger partial charge in [-0.05, 0) is 49.6 Å². The van der Waals surface area contributed by atoms with Crippen LogP contribution in [0.15, 0.2) is 59.5 Å². The molecule has 0 aliphatic heterocycles. The van der Waals surface area contributed by atoms with Crippen molar-refractivity contribution in [3.8, 4) is 5.75 Å². The van der Waals surface area contributed by atoms with Gasteiger partial charge in [0, 0.05) is 21.9 Å². The van der Waals surface area contributed by atoms with E-state index in [4.69, 9.17) is 9.84 Å². The third kappa shape index (κ3) is 7.00. The third-order valence-electron chi connectivity index (χ3n) is 4.33. The highest BCUT2D eigenvalue weighted by molar-refractivity contribution is 7.98. The minimum atomic E-state index is -0.801. The van der Waals surface area contributed by atoms with E-state index >= 15 is 0 Å². The number of aryl methyl sites for hydroxylation is 2. The fourth-order valence-electron chi connectivity index (χ4n) is 2.83. The maximum Gasteiger partial charge on any atom is 0.318 e. The van der Waals surface area contributed by atoms with Crippen molar-refractivity contribution in [3.05, 3.63) is 75.7 Å². The lowest BCUT2D eigenvalue weighted by Gasteiger charge is -2.05. The van der Waals surface area contributed by atoms with Crippen LogP contribution in [0.25, 0.3) is 0 Å². The highest BCUT2D eigenvalue weighted by Crippen LogP contribution is 2.25. The molecule has 0 amide bonds. The summed E-state index contributed by atoms with van der Waals surface area (Å²) in [6.45, 7) is 1.88. The molecule has 5 nitrogen and oxygen atoms in total. The van der Waals surface area contributed by atoms with Crippen molar-refractivity contribution in [2.45, 2.75) is 43.3 Å². The Balaban J connectivity index is 1.48. The Morgan fingerprint density at radius 2 is 1.83 bits per heavy atom. The zero-order valence-corrected chi connectivity index (χ0v) is 18.3. The Labute approximate surface area is 184 Å².